The fourth-order valence-electron chi connectivity index (χ4n) is 4.38. The molecule has 1 atom stereocenters. The zero-order chi connectivity index (χ0) is 24.7. The van der Waals surface area contributed by atoms with Crippen molar-refractivity contribution in [3.63, 3.8) is 0 Å². The third kappa shape index (κ3) is 5.72. The lowest BCUT2D eigenvalue weighted by Crippen LogP contribution is -2.35. The highest BCUT2D eigenvalue weighted by molar-refractivity contribution is 5.92. The summed E-state index contributed by atoms with van der Waals surface area (Å²) in [5.41, 5.74) is 4.25. The van der Waals surface area contributed by atoms with E-state index in [1.54, 1.807) is 24.3 Å². The van der Waals surface area contributed by atoms with Gasteiger partial charge in [-0.1, -0.05) is 30.3 Å². The quantitative estimate of drug-likeness (QED) is 0.332. The molecule has 8 nitrogen and oxygen atoms in total. The molecule has 8 heteroatoms. The van der Waals surface area contributed by atoms with Crippen LogP contribution in [0.2, 0.25) is 0 Å². The standard InChI is InChI=1S/C28H29N5O3/c34-27(30-20-12-14-21(15-13-20)31-28(35)29-19-23-9-6-18-36-23)17-16-26-32-24-10-4-5-11-25(24)33(26)22-7-2-1-3-8-22/h1-5,7-8,10-15,23H,6,9,16-19H2,(H,30,34)(H2,29,31,35). The maximum Gasteiger partial charge on any atom is 0.319 e. The van der Waals surface area contributed by atoms with Crippen LogP contribution in [-0.4, -0.2) is 40.7 Å². The van der Waals surface area contributed by atoms with Gasteiger partial charge in [-0.2, -0.15) is 0 Å². The first-order chi connectivity index (χ1) is 17.7. The molecule has 1 aliphatic heterocycles. The Bertz CT molecular complexity index is 1330. The highest BCUT2D eigenvalue weighted by atomic mass is 16.5. The van der Waals surface area contributed by atoms with Crippen molar-refractivity contribution in [3.05, 3.63) is 84.7 Å². The first kappa shape index (κ1) is 23.6. The number of carbonyl (C=O) groups excluding carboxylic acids is 2. The van der Waals surface area contributed by atoms with Crippen LogP contribution in [0.4, 0.5) is 16.2 Å². The Morgan fingerprint density at radius 3 is 2.39 bits per heavy atom. The van der Waals surface area contributed by atoms with Crippen LogP contribution < -0.4 is 16.0 Å². The van der Waals surface area contributed by atoms with Crippen molar-refractivity contribution in [1.29, 1.82) is 0 Å². The average molecular weight is 484 g/mol. The molecule has 0 saturated carbocycles. The number of carbonyl (C=O) groups is 2. The SMILES string of the molecule is O=C(CCc1nc2ccccc2n1-c1ccccc1)Nc1ccc(NC(=O)NCC2CCCO2)cc1. The fourth-order valence-corrected chi connectivity index (χ4v) is 4.38. The number of fused-ring (bicyclic) bond motifs is 1. The summed E-state index contributed by atoms with van der Waals surface area (Å²) in [5.74, 6) is 0.739. The Kier molecular flexibility index (Phi) is 7.23. The smallest absolute Gasteiger partial charge is 0.319 e. The molecule has 0 radical (unpaired) electrons. The lowest BCUT2D eigenvalue weighted by Gasteiger charge is -2.12. The van der Waals surface area contributed by atoms with E-state index in [4.69, 9.17) is 9.72 Å². The normalized spacial score (nSPS) is 15.1. The molecule has 0 spiro atoms. The highest BCUT2D eigenvalue weighted by Gasteiger charge is 2.16. The summed E-state index contributed by atoms with van der Waals surface area (Å²) in [4.78, 5) is 29.6. The van der Waals surface area contributed by atoms with Crippen LogP contribution in [0.15, 0.2) is 78.9 Å². The van der Waals surface area contributed by atoms with E-state index in [-0.39, 0.29) is 18.0 Å². The number of hydrogen-bond donors (Lipinski definition) is 3. The number of imidazole rings is 1. The van der Waals surface area contributed by atoms with Crippen molar-refractivity contribution in [2.24, 2.45) is 0 Å². The van der Waals surface area contributed by atoms with Crippen molar-refractivity contribution in [2.45, 2.75) is 31.8 Å². The van der Waals surface area contributed by atoms with Crippen LogP contribution in [0.5, 0.6) is 0 Å². The molecule has 184 valence electrons. The molecule has 1 unspecified atom stereocenters. The monoisotopic (exact) mass is 483 g/mol. The fraction of sp³-hybridized carbons (Fsp3) is 0.250. The summed E-state index contributed by atoms with van der Waals surface area (Å²) in [6, 6.07) is 24.8. The van der Waals surface area contributed by atoms with E-state index in [2.05, 4.69) is 20.5 Å². The van der Waals surface area contributed by atoms with Crippen LogP contribution in [-0.2, 0) is 16.0 Å². The van der Waals surface area contributed by atoms with Gasteiger partial charge in [-0.15, -0.1) is 0 Å². The van der Waals surface area contributed by atoms with Gasteiger partial charge in [0.1, 0.15) is 5.82 Å². The molecular weight excluding hydrogens is 454 g/mol. The molecular formula is C28H29N5O3. The Balaban J connectivity index is 1.16. The lowest BCUT2D eigenvalue weighted by molar-refractivity contribution is -0.116. The second-order valence-corrected chi connectivity index (χ2v) is 8.78. The molecule has 1 fully saturated rings. The number of urea groups is 1. The summed E-state index contributed by atoms with van der Waals surface area (Å²) < 4.78 is 7.61. The van der Waals surface area contributed by atoms with E-state index in [9.17, 15) is 9.59 Å². The van der Waals surface area contributed by atoms with Gasteiger partial charge in [-0.05, 0) is 61.4 Å². The molecule has 2 heterocycles. The molecule has 1 aromatic heterocycles. The minimum atomic E-state index is -0.274. The van der Waals surface area contributed by atoms with Gasteiger partial charge in [0.25, 0.3) is 0 Å². The average Bonchev–Trinajstić information content (AvgIpc) is 3.56. The molecule has 3 aromatic carbocycles. The van der Waals surface area contributed by atoms with Crippen LogP contribution >= 0.6 is 0 Å². The number of rotatable bonds is 8. The van der Waals surface area contributed by atoms with Gasteiger partial charge >= 0.3 is 6.03 Å². The van der Waals surface area contributed by atoms with Crippen LogP contribution in [0.1, 0.15) is 25.1 Å². The summed E-state index contributed by atoms with van der Waals surface area (Å²) in [5, 5.41) is 8.55. The Hall–Kier alpha value is -4.17. The number of nitrogens with one attached hydrogen (secondary N) is 3. The van der Waals surface area contributed by atoms with Crippen molar-refractivity contribution in [2.75, 3.05) is 23.8 Å². The number of benzene rings is 3. The highest BCUT2D eigenvalue weighted by Crippen LogP contribution is 2.22. The summed E-state index contributed by atoms with van der Waals surface area (Å²) in [6.45, 7) is 1.26. The molecule has 36 heavy (non-hydrogen) atoms. The summed E-state index contributed by atoms with van der Waals surface area (Å²) >= 11 is 0. The first-order valence-corrected chi connectivity index (χ1v) is 12.2. The maximum atomic E-state index is 12.7. The number of para-hydroxylation sites is 3. The molecule has 0 aliphatic carbocycles. The number of aromatic nitrogens is 2. The van der Waals surface area contributed by atoms with E-state index >= 15 is 0 Å². The largest absolute Gasteiger partial charge is 0.376 e. The predicted octanol–water partition coefficient (Wildman–Crippen LogP) is 4.90. The Morgan fingerprint density at radius 1 is 0.917 bits per heavy atom. The molecule has 3 N–H and O–H groups in total. The van der Waals surface area contributed by atoms with Crippen molar-refractivity contribution < 1.29 is 14.3 Å². The van der Waals surface area contributed by atoms with Crippen LogP contribution in [0.25, 0.3) is 16.7 Å². The summed E-state index contributed by atoms with van der Waals surface area (Å²) in [7, 11) is 0. The van der Waals surface area contributed by atoms with Gasteiger partial charge in [0.05, 0.1) is 17.1 Å². The van der Waals surface area contributed by atoms with Gasteiger partial charge in [0.2, 0.25) is 5.91 Å². The van der Waals surface area contributed by atoms with Gasteiger partial charge in [-0.25, -0.2) is 9.78 Å². The molecule has 1 aliphatic rings. The summed E-state index contributed by atoms with van der Waals surface area (Å²) in [6.07, 6.45) is 2.90. The van der Waals surface area contributed by atoms with Crippen LogP contribution in [0, 0.1) is 0 Å². The molecule has 3 amide bonds. The van der Waals surface area contributed by atoms with E-state index < -0.39 is 0 Å². The van der Waals surface area contributed by atoms with Gasteiger partial charge in [0, 0.05) is 43.1 Å². The Labute approximate surface area is 209 Å². The van der Waals surface area contributed by atoms with E-state index in [0.29, 0.717) is 30.8 Å². The minimum Gasteiger partial charge on any atom is -0.376 e. The number of amides is 3. The third-order valence-electron chi connectivity index (χ3n) is 6.16. The lowest BCUT2D eigenvalue weighted by atomic mass is 10.2. The third-order valence-corrected chi connectivity index (χ3v) is 6.16. The first-order valence-electron chi connectivity index (χ1n) is 12.2. The number of ether oxygens (including phenoxy) is 1. The van der Waals surface area contributed by atoms with E-state index in [1.807, 2.05) is 54.6 Å². The second kappa shape index (κ2) is 11.0. The predicted molar refractivity (Wildman–Crippen MR) is 140 cm³/mol. The second-order valence-electron chi connectivity index (χ2n) is 8.78. The van der Waals surface area contributed by atoms with Crippen LogP contribution in [0.3, 0.4) is 0 Å². The topological polar surface area (TPSA) is 97.3 Å². The van der Waals surface area contributed by atoms with Gasteiger partial charge in [-0.3, -0.25) is 9.36 Å². The maximum absolute atomic E-state index is 12.7. The molecule has 5 rings (SSSR count). The van der Waals surface area contributed by atoms with E-state index in [1.165, 1.54) is 0 Å². The number of anilines is 2. The van der Waals surface area contributed by atoms with Crippen molar-refractivity contribution in [3.8, 4) is 5.69 Å². The number of nitrogens with zero attached hydrogens (tertiary/aromatic N) is 2. The van der Waals surface area contributed by atoms with Gasteiger partial charge < -0.3 is 20.7 Å². The zero-order valence-electron chi connectivity index (χ0n) is 19.9. The van der Waals surface area contributed by atoms with Crippen molar-refractivity contribution >= 4 is 34.3 Å². The minimum absolute atomic E-state index is 0.0949. The molecule has 1 saturated heterocycles. The van der Waals surface area contributed by atoms with Crippen molar-refractivity contribution in [1.82, 2.24) is 14.9 Å². The molecule has 0 bridgehead atoms. The number of aryl methyl sites for hydroxylation is 1. The van der Waals surface area contributed by atoms with E-state index in [0.717, 1.165) is 42.0 Å². The van der Waals surface area contributed by atoms with Gasteiger partial charge in [0.15, 0.2) is 0 Å². The molecule has 4 aromatic rings. The number of hydrogen-bond acceptors (Lipinski definition) is 4. The Morgan fingerprint density at radius 2 is 1.64 bits per heavy atom. The zero-order valence-corrected chi connectivity index (χ0v) is 19.9.